The van der Waals surface area contributed by atoms with E-state index in [1.54, 1.807) is 6.26 Å². The molecule has 1 aromatic rings. The van der Waals surface area contributed by atoms with Crippen LogP contribution in [0, 0.1) is 0 Å². The van der Waals surface area contributed by atoms with E-state index >= 15 is 0 Å². The van der Waals surface area contributed by atoms with Crippen LogP contribution in [0.4, 0.5) is 4.39 Å². The first-order valence-electron chi connectivity index (χ1n) is 6.19. The van der Waals surface area contributed by atoms with E-state index in [0.29, 0.717) is 19.4 Å². The maximum absolute atomic E-state index is 14.4. The minimum Gasteiger partial charge on any atom is -0.373 e. The fourth-order valence-electron chi connectivity index (χ4n) is 2.41. The normalized spacial score (nSPS) is 31.7. The van der Waals surface area contributed by atoms with E-state index < -0.39 is 20.5 Å². The van der Waals surface area contributed by atoms with Gasteiger partial charge >= 0.3 is 0 Å². The summed E-state index contributed by atoms with van der Waals surface area (Å²) >= 11 is 1.50. The van der Waals surface area contributed by atoms with E-state index in [1.165, 1.54) is 11.8 Å². The molecule has 0 amide bonds. The molecular weight excluding hydrogens is 283 g/mol. The Balaban J connectivity index is 1.80. The van der Waals surface area contributed by atoms with Crippen LogP contribution in [0.2, 0.25) is 0 Å². The molecule has 0 bridgehead atoms. The lowest BCUT2D eigenvalue weighted by molar-refractivity contribution is -0.0427. The average Bonchev–Trinajstić information content (AvgIpc) is 2.36. The van der Waals surface area contributed by atoms with Crippen molar-refractivity contribution >= 4 is 22.6 Å². The molecule has 2 rings (SSSR count). The predicted octanol–water partition coefficient (Wildman–Crippen LogP) is 3.14. The van der Waals surface area contributed by atoms with Crippen LogP contribution in [0.1, 0.15) is 18.4 Å². The fourth-order valence-corrected chi connectivity index (χ4v) is 5.08. The average molecular weight is 302 g/mol. The van der Waals surface area contributed by atoms with Gasteiger partial charge in [0.15, 0.2) is 0 Å². The molecule has 1 aliphatic carbocycles. The third kappa shape index (κ3) is 3.38. The van der Waals surface area contributed by atoms with Crippen LogP contribution in [0.15, 0.2) is 30.3 Å². The maximum atomic E-state index is 14.4. The molecular formula is C14H19FO2S2. The van der Waals surface area contributed by atoms with Gasteiger partial charge in [-0.2, -0.15) is 0 Å². The summed E-state index contributed by atoms with van der Waals surface area (Å²) in [7, 11) is -1.00. The fraction of sp³-hybridized carbons (Fsp3) is 0.571. The van der Waals surface area contributed by atoms with E-state index in [-0.39, 0.29) is 6.61 Å². The van der Waals surface area contributed by atoms with Crippen molar-refractivity contribution in [2.24, 2.45) is 0 Å². The zero-order valence-corrected chi connectivity index (χ0v) is 12.9. The Morgan fingerprint density at radius 3 is 2.53 bits per heavy atom. The van der Waals surface area contributed by atoms with Crippen LogP contribution >= 0.6 is 11.8 Å². The third-order valence-corrected chi connectivity index (χ3v) is 7.11. The van der Waals surface area contributed by atoms with Gasteiger partial charge in [-0.1, -0.05) is 30.3 Å². The smallest absolute Gasteiger partial charge is 0.138 e. The highest BCUT2D eigenvalue weighted by Crippen LogP contribution is 2.53. The van der Waals surface area contributed by atoms with Gasteiger partial charge in [-0.3, -0.25) is 4.21 Å². The number of benzene rings is 1. The Labute approximate surface area is 120 Å². The summed E-state index contributed by atoms with van der Waals surface area (Å²) in [6.45, 7) is 0.509. The minimum absolute atomic E-state index is 0.0847. The Morgan fingerprint density at radius 1 is 1.37 bits per heavy atom. The third-order valence-electron chi connectivity index (χ3n) is 3.54. The number of alkyl halides is 1. The molecule has 1 aliphatic rings. The van der Waals surface area contributed by atoms with E-state index in [0.717, 1.165) is 5.56 Å². The minimum atomic E-state index is -1.32. The van der Waals surface area contributed by atoms with Crippen LogP contribution in [0.25, 0.3) is 0 Å². The van der Waals surface area contributed by atoms with Crippen molar-refractivity contribution < 1.29 is 13.3 Å². The van der Waals surface area contributed by atoms with Crippen molar-refractivity contribution in [1.82, 2.24) is 0 Å². The maximum Gasteiger partial charge on any atom is 0.138 e. The Kier molecular flexibility index (Phi) is 4.69. The zero-order valence-electron chi connectivity index (χ0n) is 11.2. The number of halogens is 1. The highest BCUT2D eigenvalue weighted by Gasteiger charge is 2.57. The van der Waals surface area contributed by atoms with Gasteiger partial charge in [-0.15, -0.1) is 11.8 Å². The monoisotopic (exact) mass is 302 g/mol. The second-order valence-corrected chi connectivity index (χ2v) is 8.19. The van der Waals surface area contributed by atoms with Gasteiger partial charge in [0.05, 0.1) is 17.3 Å². The SMILES string of the molecule is CSC1([S@](C)=O)CC(F)(COCc2ccccc2)C1. The lowest BCUT2D eigenvalue weighted by Crippen LogP contribution is -2.56. The van der Waals surface area contributed by atoms with E-state index in [1.807, 2.05) is 36.6 Å². The first-order valence-corrected chi connectivity index (χ1v) is 8.97. The van der Waals surface area contributed by atoms with Crippen LogP contribution in [-0.4, -0.2) is 33.1 Å². The number of hydrogen-bond donors (Lipinski definition) is 0. The molecule has 0 N–H and O–H groups in total. The van der Waals surface area contributed by atoms with Gasteiger partial charge in [0.1, 0.15) is 5.67 Å². The molecule has 0 radical (unpaired) electrons. The molecule has 0 aliphatic heterocycles. The first-order chi connectivity index (χ1) is 9.00. The molecule has 5 heteroatoms. The molecule has 0 aromatic heterocycles. The summed E-state index contributed by atoms with van der Waals surface area (Å²) in [5, 5.41) is 0. The quantitative estimate of drug-likeness (QED) is 0.807. The molecule has 2 nitrogen and oxygen atoms in total. The molecule has 106 valence electrons. The molecule has 0 spiro atoms. The lowest BCUT2D eigenvalue weighted by Gasteiger charge is -2.49. The molecule has 0 saturated heterocycles. The number of ether oxygens (including phenoxy) is 1. The second-order valence-electron chi connectivity index (χ2n) is 5.05. The van der Waals surface area contributed by atoms with Crippen molar-refractivity contribution in [2.75, 3.05) is 19.1 Å². The second kappa shape index (κ2) is 5.94. The molecule has 0 unspecified atom stereocenters. The van der Waals surface area contributed by atoms with Gasteiger partial charge in [-0.05, 0) is 11.8 Å². The van der Waals surface area contributed by atoms with Crippen molar-refractivity contribution in [3.05, 3.63) is 35.9 Å². The van der Waals surface area contributed by atoms with Crippen LogP contribution in [0.3, 0.4) is 0 Å². The van der Waals surface area contributed by atoms with Gasteiger partial charge < -0.3 is 4.74 Å². The number of hydrogen-bond acceptors (Lipinski definition) is 3. The Bertz CT molecular complexity index is 444. The summed E-state index contributed by atoms with van der Waals surface area (Å²) < 4.78 is 31.1. The summed E-state index contributed by atoms with van der Waals surface area (Å²) in [5.74, 6) is 0. The molecule has 19 heavy (non-hydrogen) atoms. The molecule has 1 aromatic carbocycles. The van der Waals surface area contributed by atoms with Crippen LogP contribution < -0.4 is 0 Å². The van der Waals surface area contributed by atoms with Gasteiger partial charge in [-0.25, -0.2) is 4.39 Å². The van der Waals surface area contributed by atoms with Crippen molar-refractivity contribution in [3.8, 4) is 0 Å². The van der Waals surface area contributed by atoms with E-state index in [9.17, 15) is 8.60 Å². The highest BCUT2D eigenvalue weighted by atomic mass is 32.2. The van der Waals surface area contributed by atoms with Crippen molar-refractivity contribution in [1.29, 1.82) is 0 Å². The van der Waals surface area contributed by atoms with Gasteiger partial charge in [0.25, 0.3) is 0 Å². The molecule has 0 heterocycles. The van der Waals surface area contributed by atoms with Gasteiger partial charge in [0.2, 0.25) is 0 Å². The molecule has 1 atom stereocenters. The zero-order chi connectivity index (χ0) is 13.9. The summed E-state index contributed by atoms with van der Waals surface area (Å²) in [4.78, 5) is 0. The number of rotatable bonds is 6. The van der Waals surface area contributed by atoms with Crippen LogP contribution in [-0.2, 0) is 22.1 Å². The van der Waals surface area contributed by atoms with Crippen molar-refractivity contribution in [3.63, 3.8) is 0 Å². The predicted molar refractivity (Wildman–Crippen MR) is 79.5 cm³/mol. The number of thioether (sulfide) groups is 1. The Morgan fingerprint density at radius 2 is 2.00 bits per heavy atom. The van der Waals surface area contributed by atoms with E-state index in [2.05, 4.69) is 0 Å². The topological polar surface area (TPSA) is 26.3 Å². The van der Waals surface area contributed by atoms with E-state index in [4.69, 9.17) is 4.74 Å². The van der Waals surface area contributed by atoms with Crippen LogP contribution in [0.5, 0.6) is 0 Å². The summed E-state index contributed by atoms with van der Waals surface area (Å²) in [6, 6.07) is 9.73. The highest BCUT2D eigenvalue weighted by molar-refractivity contribution is 8.12. The summed E-state index contributed by atoms with van der Waals surface area (Å²) in [5.41, 5.74) is -0.274. The molecule has 1 fully saturated rings. The molecule has 1 saturated carbocycles. The van der Waals surface area contributed by atoms with Crippen molar-refractivity contribution in [2.45, 2.75) is 29.2 Å². The standard InChI is InChI=1S/C14H19FO2S2/c1-18-14(19(2)16)9-13(15,10-14)11-17-8-12-6-4-3-5-7-12/h3-7H,8-11H2,1-2H3/t13?,14?,19-/m0/s1. The Hall–Kier alpha value is -0.390. The summed E-state index contributed by atoms with van der Waals surface area (Å²) in [6.07, 6.45) is 4.19. The largest absolute Gasteiger partial charge is 0.373 e. The van der Waals surface area contributed by atoms with Gasteiger partial charge in [0, 0.05) is 29.9 Å². The lowest BCUT2D eigenvalue weighted by atomic mass is 9.81. The first kappa shape index (κ1) is 15.0.